The molecule has 0 aliphatic heterocycles. The molecule has 3 heterocycles. The fourth-order valence-corrected chi connectivity index (χ4v) is 4.36. The number of nitrogens with two attached hydrogens (primary N) is 1. The second-order valence-corrected chi connectivity index (χ2v) is 7.88. The van der Waals surface area contributed by atoms with Gasteiger partial charge in [0, 0.05) is 24.5 Å². The first kappa shape index (κ1) is 19.2. The number of amides is 1. The summed E-state index contributed by atoms with van der Waals surface area (Å²) in [6.45, 7) is 3.65. The van der Waals surface area contributed by atoms with Gasteiger partial charge in [-0.3, -0.25) is 9.36 Å². The molecule has 1 aromatic carbocycles. The van der Waals surface area contributed by atoms with Crippen LogP contribution in [-0.4, -0.2) is 25.4 Å². The molecule has 0 bridgehead atoms. The van der Waals surface area contributed by atoms with Crippen molar-refractivity contribution in [3.05, 3.63) is 65.5 Å². The zero-order valence-corrected chi connectivity index (χ0v) is 17.6. The maximum Gasteiger partial charge on any atom is 0.217 e. The van der Waals surface area contributed by atoms with E-state index in [9.17, 15) is 4.79 Å². The highest BCUT2D eigenvalue weighted by molar-refractivity contribution is 5.83. The van der Waals surface area contributed by atoms with E-state index in [1.807, 2.05) is 24.3 Å². The van der Waals surface area contributed by atoms with Gasteiger partial charge in [-0.15, -0.1) is 0 Å². The molecule has 1 aliphatic rings. The van der Waals surface area contributed by atoms with E-state index in [2.05, 4.69) is 40.0 Å². The van der Waals surface area contributed by atoms with Gasteiger partial charge in [-0.2, -0.15) is 0 Å². The van der Waals surface area contributed by atoms with Crippen molar-refractivity contribution in [3.63, 3.8) is 0 Å². The maximum atomic E-state index is 11.6. The van der Waals surface area contributed by atoms with E-state index in [1.165, 1.54) is 11.1 Å². The van der Waals surface area contributed by atoms with Gasteiger partial charge >= 0.3 is 0 Å². The lowest BCUT2D eigenvalue weighted by atomic mass is 10.1. The molecule has 3 N–H and O–H groups in total. The zero-order valence-electron chi connectivity index (χ0n) is 17.6. The molecule has 7 nitrogen and oxygen atoms in total. The summed E-state index contributed by atoms with van der Waals surface area (Å²) in [7, 11) is 0. The Morgan fingerprint density at radius 1 is 1.23 bits per heavy atom. The Kier molecular flexibility index (Phi) is 4.66. The van der Waals surface area contributed by atoms with E-state index >= 15 is 0 Å². The highest BCUT2D eigenvalue weighted by atomic mass is 16.1. The molecule has 0 saturated carbocycles. The summed E-state index contributed by atoms with van der Waals surface area (Å²) in [5.41, 5.74) is 13.0. The van der Waals surface area contributed by atoms with Gasteiger partial charge in [0.1, 0.15) is 11.3 Å². The van der Waals surface area contributed by atoms with Crippen LogP contribution in [0.4, 0.5) is 5.82 Å². The Morgan fingerprint density at radius 2 is 2.10 bits per heavy atom. The topological polar surface area (TPSA) is 98.7 Å². The smallest absolute Gasteiger partial charge is 0.217 e. The lowest BCUT2D eigenvalue weighted by molar-refractivity contribution is -0.119. The molecule has 1 aliphatic carbocycles. The Balaban J connectivity index is 1.71. The van der Waals surface area contributed by atoms with Crippen LogP contribution < -0.4 is 11.1 Å². The first-order valence-corrected chi connectivity index (χ1v) is 10.5. The summed E-state index contributed by atoms with van der Waals surface area (Å²) in [6.07, 6.45) is 4.34. The molecule has 0 saturated heterocycles. The molecule has 1 unspecified atom stereocenters. The van der Waals surface area contributed by atoms with Gasteiger partial charge in [0.2, 0.25) is 5.91 Å². The van der Waals surface area contributed by atoms with Crippen LogP contribution >= 0.6 is 0 Å². The van der Waals surface area contributed by atoms with Gasteiger partial charge in [-0.05, 0) is 66.8 Å². The second-order valence-electron chi connectivity index (χ2n) is 7.88. The molecule has 1 atom stereocenters. The Morgan fingerprint density at radius 3 is 2.87 bits per heavy atom. The van der Waals surface area contributed by atoms with E-state index in [1.54, 1.807) is 13.1 Å². The van der Waals surface area contributed by atoms with Crippen LogP contribution in [0.5, 0.6) is 0 Å². The number of aromatic nitrogens is 4. The van der Waals surface area contributed by atoms with Crippen molar-refractivity contribution in [2.75, 3.05) is 5.73 Å². The second kappa shape index (κ2) is 7.50. The number of aryl methyl sites for hydroxylation is 2. The summed E-state index contributed by atoms with van der Waals surface area (Å²) in [5.74, 6) is 1.15. The molecule has 1 amide bonds. The lowest BCUT2D eigenvalue weighted by Crippen LogP contribution is -2.24. The third kappa shape index (κ3) is 3.32. The molecular weight excluding hydrogens is 388 g/mol. The van der Waals surface area contributed by atoms with Crippen molar-refractivity contribution >= 4 is 22.9 Å². The average molecular weight is 412 g/mol. The number of rotatable bonds is 4. The number of fused-ring (bicyclic) bond motifs is 2. The minimum atomic E-state index is -0.00633. The molecule has 0 spiro atoms. The van der Waals surface area contributed by atoms with Crippen molar-refractivity contribution in [1.82, 2.24) is 24.8 Å². The predicted octanol–water partition coefficient (Wildman–Crippen LogP) is 3.75. The number of anilines is 1. The number of imidazole rings is 1. The average Bonchev–Trinajstić information content (AvgIpc) is 3.34. The van der Waals surface area contributed by atoms with Gasteiger partial charge in [0.15, 0.2) is 11.5 Å². The van der Waals surface area contributed by atoms with Crippen LogP contribution in [0.2, 0.25) is 0 Å². The summed E-state index contributed by atoms with van der Waals surface area (Å²) >= 11 is 0. The first-order valence-electron chi connectivity index (χ1n) is 10.5. The Hall–Kier alpha value is -3.74. The fourth-order valence-electron chi connectivity index (χ4n) is 4.36. The quantitative estimate of drug-likeness (QED) is 0.532. The van der Waals surface area contributed by atoms with E-state index in [4.69, 9.17) is 15.7 Å². The summed E-state index contributed by atoms with van der Waals surface area (Å²) in [4.78, 5) is 25.6. The molecule has 7 heteroatoms. The number of carbonyl (C=O) groups excluding carboxylic acids is 1. The van der Waals surface area contributed by atoms with E-state index in [0.717, 1.165) is 53.2 Å². The minimum Gasteiger partial charge on any atom is -0.383 e. The van der Waals surface area contributed by atoms with Crippen molar-refractivity contribution in [2.24, 2.45) is 0 Å². The number of pyridine rings is 2. The number of benzene rings is 1. The standard InChI is InChI=1S/C24H24N6O/c1-3-16-7-11-21-24(28-16)30(23(29-21)19-5-4-12-26-22(19)25)17-8-9-18-15(13-17)6-10-20(18)27-14(2)31/h4-5,7-9,11-13,20H,3,6,10H2,1-2H3,(H2,25,26)(H,27,31). The van der Waals surface area contributed by atoms with Crippen LogP contribution in [0, 0.1) is 0 Å². The summed E-state index contributed by atoms with van der Waals surface area (Å²) in [5, 5.41) is 3.05. The SMILES string of the molecule is CCc1ccc2nc(-c3cccnc3N)n(-c3ccc4c(c3)CCC4NC(C)=O)c2n1. The van der Waals surface area contributed by atoms with Crippen molar-refractivity contribution in [2.45, 2.75) is 39.2 Å². The van der Waals surface area contributed by atoms with Crippen molar-refractivity contribution in [1.29, 1.82) is 0 Å². The molecule has 0 radical (unpaired) electrons. The van der Waals surface area contributed by atoms with Crippen molar-refractivity contribution in [3.8, 4) is 17.1 Å². The van der Waals surface area contributed by atoms with Gasteiger partial charge in [0.25, 0.3) is 0 Å². The van der Waals surface area contributed by atoms with E-state index < -0.39 is 0 Å². The van der Waals surface area contributed by atoms with Crippen LogP contribution in [0.1, 0.15) is 43.1 Å². The summed E-state index contributed by atoms with van der Waals surface area (Å²) in [6, 6.07) is 14.2. The molecule has 156 valence electrons. The highest BCUT2D eigenvalue weighted by Crippen LogP contribution is 2.35. The lowest BCUT2D eigenvalue weighted by Gasteiger charge is -2.15. The number of carbonyl (C=O) groups is 1. The highest BCUT2D eigenvalue weighted by Gasteiger charge is 2.25. The Labute approximate surface area is 180 Å². The zero-order chi connectivity index (χ0) is 21.5. The van der Waals surface area contributed by atoms with E-state index in [-0.39, 0.29) is 11.9 Å². The van der Waals surface area contributed by atoms with Crippen LogP contribution in [0.15, 0.2) is 48.7 Å². The molecular formula is C24H24N6O. The summed E-state index contributed by atoms with van der Waals surface area (Å²) < 4.78 is 2.06. The first-order chi connectivity index (χ1) is 15.0. The van der Waals surface area contributed by atoms with Crippen LogP contribution in [0.3, 0.4) is 0 Å². The van der Waals surface area contributed by atoms with Gasteiger partial charge < -0.3 is 11.1 Å². The third-order valence-corrected chi connectivity index (χ3v) is 5.84. The molecule has 0 fully saturated rings. The van der Waals surface area contributed by atoms with Gasteiger partial charge in [-0.1, -0.05) is 13.0 Å². The molecule has 31 heavy (non-hydrogen) atoms. The van der Waals surface area contributed by atoms with Crippen molar-refractivity contribution < 1.29 is 4.79 Å². The number of hydrogen-bond donors (Lipinski definition) is 2. The minimum absolute atomic E-state index is 0.00633. The molecule has 5 rings (SSSR count). The van der Waals surface area contributed by atoms with Gasteiger partial charge in [-0.25, -0.2) is 15.0 Å². The predicted molar refractivity (Wildman–Crippen MR) is 121 cm³/mol. The normalized spacial score (nSPS) is 15.2. The van der Waals surface area contributed by atoms with E-state index in [0.29, 0.717) is 5.82 Å². The number of nitrogen functional groups attached to an aromatic ring is 1. The third-order valence-electron chi connectivity index (χ3n) is 5.84. The monoisotopic (exact) mass is 412 g/mol. The fraction of sp³-hybridized carbons (Fsp3) is 0.250. The largest absolute Gasteiger partial charge is 0.383 e. The van der Waals surface area contributed by atoms with Gasteiger partial charge in [0.05, 0.1) is 11.6 Å². The number of hydrogen-bond acceptors (Lipinski definition) is 5. The molecule has 3 aromatic heterocycles. The van der Waals surface area contributed by atoms with Crippen LogP contribution in [0.25, 0.3) is 28.2 Å². The number of nitrogens with one attached hydrogen (secondary N) is 1. The maximum absolute atomic E-state index is 11.6. The Bertz CT molecular complexity index is 1310. The van der Waals surface area contributed by atoms with Crippen LogP contribution in [-0.2, 0) is 17.6 Å². The molecule has 4 aromatic rings. The number of nitrogens with zero attached hydrogens (tertiary/aromatic N) is 4.